The van der Waals surface area contributed by atoms with Crippen LogP contribution in [0.5, 0.6) is 0 Å². The molecular weight excluding hydrogens is 157 g/mol. The molecule has 0 amide bonds. The van der Waals surface area contributed by atoms with Gasteiger partial charge in [-0.2, -0.15) is 4.39 Å². The summed E-state index contributed by atoms with van der Waals surface area (Å²) in [6, 6.07) is 2.51. The molecule has 2 nitrogen and oxygen atoms in total. The molecule has 1 rings (SSSR count). The molecule has 10 heavy (non-hydrogen) atoms. The SMILES string of the molecule is Cl.O=Cc1ccc(F)nc1. The number of hydrogen-bond donors (Lipinski definition) is 0. The number of halogens is 2. The minimum atomic E-state index is -0.569. The molecule has 1 aromatic rings. The van der Waals surface area contributed by atoms with Crippen LogP contribution in [-0.4, -0.2) is 11.3 Å². The van der Waals surface area contributed by atoms with E-state index in [0.717, 1.165) is 6.07 Å². The minimum absolute atomic E-state index is 0. The number of carbonyl (C=O) groups is 1. The molecule has 0 aliphatic carbocycles. The molecule has 54 valence electrons. The Morgan fingerprint density at radius 2 is 2.20 bits per heavy atom. The van der Waals surface area contributed by atoms with Crippen LogP contribution in [0.2, 0.25) is 0 Å². The number of nitrogens with zero attached hydrogens (tertiary/aromatic N) is 1. The summed E-state index contributed by atoms with van der Waals surface area (Å²) in [6.07, 6.45) is 1.80. The van der Waals surface area contributed by atoms with Crippen LogP contribution in [0.3, 0.4) is 0 Å². The highest BCUT2D eigenvalue weighted by molar-refractivity contribution is 5.85. The van der Waals surface area contributed by atoms with Gasteiger partial charge in [0.1, 0.15) is 0 Å². The lowest BCUT2D eigenvalue weighted by Gasteiger charge is -1.85. The largest absolute Gasteiger partial charge is 0.298 e. The zero-order chi connectivity index (χ0) is 6.69. The molecule has 0 saturated heterocycles. The molecule has 0 saturated carbocycles. The standard InChI is InChI=1S/C6H4FNO.ClH/c7-6-2-1-5(4-9)3-8-6;/h1-4H;1H. The summed E-state index contributed by atoms with van der Waals surface area (Å²) in [7, 11) is 0. The number of aldehydes is 1. The summed E-state index contributed by atoms with van der Waals surface area (Å²) >= 11 is 0. The van der Waals surface area contributed by atoms with E-state index in [1.807, 2.05) is 0 Å². The highest BCUT2D eigenvalue weighted by atomic mass is 35.5. The van der Waals surface area contributed by atoms with Gasteiger partial charge in [-0.25, -0.2) is 4.98 Å². The average molecular weight is 162 g/mol. The van der Waals surface area contributed by atoms with Gasteiger partial charge in [-0.15, -0.1) is 12.4 Å². The van der Waals surface area contributed by atoms with Crippen LogP contribution in [0.25, 0.3) is 0 Å². The number of hydrogen-bond acceptors (Lipinski definition) is 2. The smallest absolute Gasteiger partial charge is 0.212 e. The van der Waals surface area contributed by atoms with Crippen molar-refractivity contribution < 1.29 is 9.18 Å². The first-order chi connectivity index (χ1) is 4.33. The average Bonchev–Trinajstić information content (AvgIpc) is 1.90. The Balaban J connectivity index is 0.000000810. The van der Waals surface area contributed by atoms with E-state index >= 15 is 0 Å². The first kappa shape index (κ1) is 9.04. The van der Waals surface area contributed by atoms with Gasteiger partial charge in [0.25, 0.3) is 0 Å². The Hall–Kier alpha value is -0.960. The van der Waals surface area contributed by atoms with Crippen molar-refractivity contribution in [2.75, 3.05) is 0 Å². The van der Waals surface area contributed by atoms with Gasteiger partial charge < -0.3 is 0 Å². The molecule has 0 aliphatic rings. The highest BCUT2D eigenvalue weighted by Gasteiger charge is 1.89. The van der Waals surface area contributed by atoms with E-state index in [4.69, 9.17) is 0 Å². The molecule has 0 aliphatic heterocycles. The second-order valence-corrected chi connectivity index (χ2v) is 1.53. The van der Waals surface area contributed by atoms with Crippen molar-refractivity contribution in [1.82, 2.24) is 4.98 Å². The van der Waals surface area contributed by atoms with Crippen molar-refractivity contribution in [2.24, 2.45) is 0 Å². The first-order valence-corrected chi connectivity index (χ1v) is 2.39. The number of pyridine rings is 1. The van der Waals surface area contributed by atoms with Crippen molar-refractivity contribution in [3.05, 3.63) is 29.8 Å². The van der Waals surface area contributed by atoms with E-state index in [1.54, 1.807) is 0 Å². The molecule has 0 aromatic carbocycles. The van der Waals surface area contributed by atoms with Crippen LogP contribution in [0.15, 0.2) is 18.3 Å². The maximum atomic E-state index is 12.0. The van der Waals surface area contributed by atoms with Gasteiger partial charge in [-0.1, -0.05) is 0 Å². The molecule has 4 heteroatoms. The van der Waals surface area contributed by atoms with E-state index in [9.17, 15) is 9.18 Å². The fraction of sp³-hybridized carbons (Fsp3) is 0. The Bertz CT molecular complexity index is 211. The third-order valence-corrected chi connectivity index (χ3v) is 0.886. The Morgan fingerprint density at radius 1 is 1.50 bits per heavy atom. The fourth-order valence-corrected chi connectivity index (χ4v) is 0.457. The normalized spacial score (nSPS) is 8.10. The lowest BCUT2D eigenvalue weighted by molar-refractivity contribution is 0.112. The predicted molar refractivity (Wildman–Crippen MR) is 36.8 cm³/mol. The van der Waals surface area contributed by atoms with Crippen molar-refractivity contribution in [3.8, 4) is 0 Å². The zero-order valence-electron chi connectivity index (χ0n) is 4.95. The van der Waals surface area contributed by atoms with Crippen molar-refractivity contribution in [3.63, 3.8) is 0 Å². The second kappa shape index (κ2) is 3.95. The molecule has 1 heterocycles. The summed E-state index contributed by atoms with van der Waals surface area (Å²) in [5.74, 6) is -0.569. The summed E-state index contributed by atoms with van der Waals surface area (Å²) in [6.45, 7) is 0. The monoisotopic (exact) mass is 161 g/mol. The molecular formula is C6H5ClFNO. The maximum absolute atomic E-state index is 12.0. The van der Waals surface area contributed by atoms with Crippen LogP contribution in [0.4, 0.5) is 4.39 Å². The van der Waals surface area contributed by atoms with E-state index in [2.05, 4.69) is 4.98 Å². The van der Waals surface area contributed by atoms with Crippen LogP contribution >= 0.6 is 12.4 Å². The van der Waals surface area contributed by atoms with Crippen LogP contribution in [-0.2, 0) is 0 Å². The van der Waals surface area contributed by atoms with Gasteiger partial charge in [-0.05, 0) is 12.1 Å². The van der Waals surface area contributed by atoms with E-state index in [-0.39, 0.29) is 12.4 Å². The molecule has 1 aromatic heterocycles. The molecule has 0 unspecified atom stereocenters. The number of carbonyl (C=O) groups excluding carboxylic acids is 1. The third kappa shape index (κ3) is 2.11. The molecule has 0 fully saturated rings. The van der Waals surface area contributed by atoms with Crippen LogP contribution in [0.1, 0.15) is 10.4 Å². The lowest BCUT2D eigenvalue weighted by Crippen LogP contribution is -1.83. The summed E-state index contributed by atoms with van der Waals surface area (Å²) in [5, 5.41) is 0. The van der Waals surface area contributed by atoms with Gasteiger partial charge in [0.2, 0.25) is 5.95 Å². The molecule has 0 atom stereocenters. The molecule has 0 spiro atoms. The second-order valence-electron chi connectivity index (χ2n) is 1.53. The molecule has 0 N–H and O–H groups in total. The summed E-state index contributed by atoms with van der Waals surface area (Å²) < 4.78 is 12.0. The van der Waals surface area contributed by atoms with E-state index in [1.165, 1.54) is 12.3 Å². The minimum Gasteiger partial charge on any atom is -0.298 e. The van der Waals surface area contributed by atoms with Crippen molar-refractivity contribution in [1.29, 1.82) is 0 Å². The number of aromatic nitrogens is 1. The predicted octanol–water partition coefficient (Wildman–Crippen LogP) is 1.45. The maximum Gasteiger partial charge on any atom is 0.212 e. The van der Waals surface area contributed by atoms with Crippen LogP contribution < -0.4 is 0 Å². The van der Waals surface area contributed by atoms with Crippen molar-refractivity contribution in [2.45, 2.75) is 0 Å². The van der Waals surface area contributed by atoms with E-state index in [0.29, 0.717) is 11.8 Å². The molecule has 0 radical (unpaired) electrons. The zero-order valence-corrected chi connectivity index (χ0v) is 5.77. The Labute approximate surface area is 63.5 Å². The Morgan fingerprint density at radius 3 is 2.60 bits per heavy atom. The van der Waals surface area contributed by atoms with Gasteiger partial charge in [0, 0.05) is 11.8 Å². The van der Waals surface area contributed by atoms with Gasteiger partial charge >= 0.3 is 0 Å². The first-order valence-electron chi connectivity index (χ1n) is 2.39. The lowest BCUT2D eigenvalue weighted by atomic mass is 10.3. The van der Waals surface area contributed by atoms with E-state index < -0.39 is 5.95 Å². The quantitative estimate of drug-likeness (QED) is 0.461. The number of rotatable bonds is 1. The summed E-state index contributed by atoms with van der Waals surface area (Å²) in [4.78, 5) is 13.2. The Kier molecular flexibility index (Phi) is 3.57. The van der Waals surface area contributed by atoms with Gasteiger partial charge in [-0.3, -0.25) is 4.79 Å². The molecule has 0 bridgehead atoms. The third-order valence-electron chi connectivity index (χ3n) is 0.886. The van der Waals surface area contributed by atoms with Gasteiger partial charge in [0.15, 0.2) is 6.29 Å². The summed E-state index contributed by atoms with van der Waals surface area (Å²) in [5.41, 5.74) is 0.386. The van der Waals surface area contributed by atoms with Gasteiger partial charge in [0.05, 0.1) is 0 Å². The van der Waals surface area contributed by atoms with Crippen LogP contribution in [0, 0.1) is 5.95 Å². The fourth-order valence-electron chi connectivity index (χ4n) is 0.457. The van der Waals surface area contributed by atoms with Crippen molar-refractivity contribution >= 4 is 18.7 Å². The topological polar surface area (TPSA) is 30.0 Å². The highest BCUT2D eigenvalue weighted by Crippen LogP contribution is 1.93.